The summed E-state index contributed by atoms with van der Waals surface area (Å²) >= 11 is 0. The predicted octanol–water partition coefficient (Wildman–Crippen LogP) is 4.52. The lowest BCUT2D eigenvalue weighted by molar-refractivity contribution is -0.119. The molecule has 5 rings (SSSR count). The van der Waals surface area contributed by atoms with Gasteiger partial charge in [0.15, 0.2) is 0 Å². The van der Waals surface area contributed by atoms with Crippen LogP contribution in [0.25, 0.3) is 11.1 Å². The maximum atomic E-state index is 13.6. The van der Waals surface area contributed by atoms with Crippen LogP contribution in [0.15, 0.2) is 65.2 Å². The van der Waals surface area contributed by atoms with Crippen molar-refractivity contribution in [2.24, 2.45) is 0 Å². The number of aromatic nitrogens is 1. The van der Waals surface area contributed by atoms with Crippen molar-refractivity contribution in [3.8, 4) is 0 Å². The Kier molecular flexibility index (Phi) is 5.34. The van der Waals surface area contributed by atoms with Crippen LogP contribution in [0.1, 0.15) is 33.7 Å². The van der Waals surface area contributed by atoms with Crippen molar-refractivity contribution in [2.45, 2.75) is 25.9 Å². The van der Waals surface area contributed by atoms with Crippen LogP contribution in [0.5, 0.6) is 0 Å². The monoisotopic (exact) mass is 447 g/mol. The summed E-state index contributed by atoms with van der Waals surface area (Å²) in [6.07, 6.45) is 2.46. The molecular weight excluding hydrogens is 428 g/mol. The highest BCUT2D eigenvalue weighted by molar-refractivity contribution is 6.00. The molecule has 8 heteroatoms. The summed E-state index contributed by atoms with van der Waals surface area (Å²) in [5.41, 5.74) is 2.66. The van der Waals surface area contributed by atoms with Gasteiger partial charge in [0.05, 0.1) is 13.1 Å². The minimum Gasteiger partial charge on any atom is -0.441 e. The molecule has 0 unspecified atom stereocenters. The Labute approximate surface area is 187 Å². The van der Waals surface area contributed by atoms with Gasteiger partial charge in [0.1, 0.15) is 17.4 Å². The molecule has 0 radical (unpaired) electrons. The molecule has 0 saturated heterocycles. The normalized spacial score (nSPS) is 13.3. The number of aryl methyl sites for hydroxylation is 1. The van der Waals surface area contributed by atoms with Crippen LogP contribution in [0.2, 0.25) is 0 Å². The fourth-order valence-corrected chi connectivity index (χ4v) is 4.02. The third-order valence-corrected chi connectivity index (χ3v) is 5.58. The molecule has 6 nitrogen and oxygen atoms in total. The van der Waals surface area contributed by atoms with Gasteiger partial charge in [-0.15, -0.1) is 0 Å². The van der Waals surface area contributed by atoms with E-state index in [0.717, 1.165) is 17.0 Å². The van der Waals surface area contributed by atoms with Gasteiger partial charge in [0.25, 0.3) is 5.91 Å². The smallest absolute Gasteiger partial charge is 0.251 e. The van der Waals surface area contributed by atoms with Crippen LogP contribution in [-0.4, -0.2) is 16.8 Å². The number of anilines is 1. The van der Waals surface area contributed by atoms with Gasteiger partial charge in [-0.2, -0.15) is 0 Å². The molecule has 1 N–H and O–H groups in total. The summed E-state index contributed by atoms with van der Waals surface area (Å²) in [6, 6.07) is 13.8. The maximum Gasteiger partial charge on any atom is 0.251 e. The van der Waals surface area contributed by atoms with Crippen LogP contribution < -0.4 is 10.2 Å². The second-order valence-corrected chi connectivity index (χ2v) is 7.89. The number of nitrogens with one attached hydrogen (secondary N) is 1. The van der Waals surface area contributed by atoms with Crippen molar-refractivity contribution in [1.82, 2.24) is 10.3 Å². The molecular formula is C25H19F2N3O3. The Morgan fingerprint density at radius 2 is 1.88 bits per heavy atom. The molecule has 1 aliphatic heterocycles. The number of carbonyl (C=O) groups is 2. The lowest BCUT2D eigenvalue weighted by Gasteiger charge is -2.30. The Balaban J connectivity index is 1.36. The van der Waals surface area contributed by atoms with E-state index < -0.39 is 11.6 Å². The predicted molar refractivity (Wildman–Crippen MR) is 117 cm³/mol. The molecule has 4 aromatic rings. The van der Waals surface area contributed by atoms with Gasteiger partial charge < -0.3 is 14.6 Å². The third-order valence-electron chi connectivity index (χ3n) is 5.58. The first-order chi connectivity index (χ1) is 16.0. The van der Waals surface area contributed by atoms with E-state index in [2.05, 4.69) is 10.3 Å². The summed E-state index contributed by atoms with van der Waals surface area (Å²) < 4.78 is 32.9. The molecule has 3 heterocycles. The van der Waals surface area contributed by atoms with Gasteiger partial charge >= 0.3 is 0 Å². The van der Waals surface area contributed by atoms with Gasteiger partial charge in [-0.3, -0.25) is 9.59 Å². The molecule has 2 aromatic carbocycles. The Morgan fingerprint density at radius 1 is 1.06 bits per heavy atom. The second-order valence-electron chi connectivity index (χ2n) is 7.89. The van der Waals surface area contributed by atoms with Crippen LogP contribution >= 0.6 is 0 Å². The average molecular weight is 447 g/mol. The number of hydrogen-bond donors (Lipinski definition) is 1. The van der Waals surface area contributed by atoms with Crippen molar-refractivity contribution < 1.29 is 22.8 Å². The zero-order valence-electron chi connectivity index (χ0n) is 17.5. The fourth-order valence-electron chi connectivity index (χ4n) is 4.02. The highest BCUT2D eigenvalue weighted by Crippen LogP contribution is 2.31. The highest BCUT2D eigenvalue weighted by Gasteiger charge is 2.25. The number of nitrogens with zero attached hydrogens (tertiary/aromatic N) is 2. The van der Waals surface area contributed by atoms with E-state index >= 15 is 0 Å². The second kappa shape index (κ2) is 8.46. The van der Waals surface area contributed by atoms with E-state index in [9.17, 15) is 18.4 Å². The molecule has 0 atom stereocenters. The molecule has 2 aromatic heterocycles. The van der Waals surface area contributed by atoms with Gasteiger partial charge in [0, 0.05) is 35.3 Å². The van der Waals surface area contributed by atoms with E-state index in [1.807, 2.05) is 12.1 Å². The quantitative estimate of drug-likeness (QED) is 0.488. The van der Waals surface area contributed by atoms with Crippen LogP contribution in [-0.2, 0) is 24.3 Å². The molecule has 1 aliphatic rings. The summed E-state index contributed by atoms with van der Waals surface area (Å²) in [5, 5.41) is 3.66. The first-order valence-corrected chi connectivity index (χ1v) is 10.5. The first kappa shape index (κ1) is 20.8. The average Bonchev–Trinajstić information content (AvgIpc) is 3.21. The van der Waals surface area contributed by atoms with E-state index in [4.69, 9.17) is 4.42 Å². The SMILES string of the molecule is O=C(NCc1cc2cccnc2o1)c1ccc2c(c1)N(Cc1cc(F)cc(F)c1)C(=O)CC2. The standard InChI is InChI=1S/C25H19F2N3O3/c26-19-8-15(9-20(27)12-19)14-30-22-11-17(4-3-16(22)5-6-23(30)31)24(32)29-13-21-10-18-2-1-7-28-25(18)33-21/h1-4,7-12H,5-6,13-14H2,(H,29,32). The van der Waals surface area contributed by atoms with Crippen molar-refractivity contribution in [3.63, 3.8) is 0 Å². The van der Waals surface area contributed by atoms with Crippen molar-refractivity contribution in [2.75, 3.05) is 4.90 Å². The zero-order valence-corrected chi connectivity index (χ0v) is 17.5. The van der Waals surface area contributed by atoms with Gasteiger partial charge in [-0.05, 0) is 60.0 Å². The number of fused-ring (bicyclic) bond motifs is 2. The van der Waals surface area contributed by atoms with Crippen molar-refractivity contribution in [3.05, 3.63) is 94.9 Å². The lowest BCUT2D eigenvalue weighted by Crippen LogP contribution is -2.35. The number of benzene rings is 2. The number of pyridine rings is 1. The largest absolute Gasteiger partial charge is 0.441 e. The van der Waals surface area contributed by atoms with Crippen molar-refractivity contribution in [1.29, 1.82) is 0 Å². The van der Waals surface area contributed by atoms with E-state index in [0.29, 0.717) is 34.7 Å². The molecule has 2 amide bonds. The molecule has 0 bridgehead atoms. The number of rotatable bonds is 5. The van der Waals surface area contributed by atoms with Gasteiger partial charge in [-0.1, -0.05) is 6.07 Å². The first-order valence-electron chi connectivity index (χ1n) is 10.5. The lowest BCUT2D eigenvalue weighted by atomic mass is 9.98. The minimum atomic E-state index is -0.705. The molecule has 0 fully saturated rings. The summed E-state index contributed by atoms with van der Waals surface area (Å²) in [4.78, 5) is 31.0. The Morgan fingerprint density at radius 3 is 2.67 bits per heavy atom. The molecule has 166 valence electrons. The number of furan rings is 1. The van der Waals surface area contributed by atoms with E-state index in [1.165, 1.54) is 17.0 Å². The number of halogens is 2. The summed E-state index contributed by atoms with van der Waals surface area (Å²) in [7, 11) is 0. The Bertz CT molecular complexity index is 1330. The summed E-state index contributed by atoms with van der Waals surface area (Å²) in [6.45, 7) is 0.190. The van der Waals surface area contributed by atoms with Gasteiger partial charge in [-0.25, -0.2) is 13.8 Å². The van der Waals surface area contributed by atoms with Crippen LogP contribution in [0.3, 0.4) is 0 Å². The zero-order chi connectivity index (χ0) is 22.9. The maximum absolute atomic E-state index is 13.6. The number of hydrogen-bond acceptors (Lipinski definition) is 4. The van der Waals surface area contributed by atoms with Crippen LogP contribution in [0.4, 0.5) is 14.5 Å². The number of amides is 2. The van der Waals surface area contributed by atoms with E-state index in [-0.39, 0.29) is 31.3 Å². The number of carbonyl (C=O) groups excluding carboxylic acids is 2. The molecule has 33 heavy (non-hydrogen) atoms. The molecule has 0 spiro atoms. The summed E-state index contributed by atoms with van der Waals surface area (Å²) in [5.74, 6) is -1.34. The Hall–Kier alpha value is -4.07. The highest BCUT2D eigenvalue weighted by atomic mass is 19.1. The third kappa shape index (κ3) is 4.32. The fraction of sp³-hybridized carbons (Fsp3) is 0.160. The van der Waals surface area contributed by atoms with Crippen molar-refractivity contribution >= 4 is 28.6 Å². The molecule has 0 saturated carbocycles. The van der Waals surface area contributed by atoms with Gasteiger partial charge in [0.2, 0.25) is 11.6 Å². The van der Waals surface area contributed by atoms with Crippen LogP contribution in [0, 0.1) is 11.6 Å². The van der Waals surface area contributed by atoms with E-state index in [1.54, 1.807) is 30.5 Å². The minimum absolute atomic E-state index is 0.0115. The topological polar surface area (TPSA) is 75.4 Å². The molecule has 0 aliphatic carbocycles.